The van der Waals surface area contributed by atoms with Crippen LogP contribution < -0.4 is 0 Å². The van der Waals surface area contributed by atoms with Crippen LogP contribution in [-0.2, 0) is 9.47 Å². The van der Waals surface area contributed by atoms with Gasteiger partial charge >= 0.3 is 12.3 Å². The van der Waals surface area contributed by atoms with Gasteiger partial charge in [-0.2, -0.15) is 0 Å². The molecule has 0 heterocycles. The van der Waals surface area contributed by atoms with Crippen molar-refractivity contribution in [1.82, 2.24) is 0 Å². The van der Waals surface area contributed by atoms with E-state index in [1.165, 1.54) is 6.08 Å². The number of carbonyl (C=O) groups is 2. The molecule has 0 saturated heterocycles. The van der Waals surface area contributed by atoms with E-state index in [-0.39, 0.29) is 0 Å². The molecule has 6 heteroatoms. The Morgan fingerprint density at radius 1 is 1.11 bits per heavy atom. The third-order valence-electron chi connectivity index (χ3n) is 2.12. The van der Waals surface area contributed by atoms with E-state index < -0.39 is 24.5 Å². The molecule has 2 atom stereocenters. The van der Waals surface area contributed by atoms with Crippen molar-refractivity contribution in [3.05, 3.63) is 48.6 Å². The molecule has 1 rings (SSSR count). The maximum Gasteiger partial charge on any atom is 0.506 e. The van der Waals surface area contributed by atoms with Crippen molar-refractivity contribution in [3.63, 3.8) is 0 Å². The van der Waals surface area contributed by atoms with Crippen molar-refractivity contribution >= 4 is 12.3 Å². The van der Waals surface area contributed by atoms with Gasteiger partial charge in [0.15, 0.2) is 12.2 Å². The van der Waals surface area contributed by atoms with E-state index >= 15 is 0 Å². The monoisotopic (exact) mass is 252 g/mol. The quantitative estimate of drug-likeness (QED) is 0.618. The van der Waals surface area contributed by atoms with E-state index in [0.717, 1.165) is 0 Å². The third-order valence-corrected chi connectivity index (χ3v) is 2.12. The molecule has 1 aromatic carbocycles. The molecule has 0 aliphatic rings. The van der Waals surface area contributed by atoms with E-state index in [1.54, 1.807) is 30.3 Å². The van der Waals surface area contributed by atoms with Crippen LogP contribution >= 0.6 is 0 Å². The van der Waals surface area contributed by atoms with Gasteiger partial charge in [0.05, 0.1) is 0 Å². The standard InChI is InChI=1S/C12H12O6/c1-2-9(17-11(13)14)10(18-12(15)16)8-6-4-3-5-7-8/h2-7,9-10H,1H2,(H,13,14)(H,15,16). The molecule has 1 aromatic rings. The molecule has 0 aromatic heterocycles. The zero-order valence-electron chi connectivity index (χ0n) is 9.35. The first-order valence-corrected chi connectivity index (χ1v) is 5.01. The minimum absolute atomic E-state index is 0.478. The van der Waals surface area contributed by atoms with Gasteiger partial charge in [0.1, 0.15) is 0 Å². The Kier molecular flexibility index (Phi) is 4.74. The van der Waals surface area contributed by atoms with Gasteiger partial charge in [-0.1, -0.05) is 36.9 Å². The van der Waals surface area contributed by atoms with Crippen molar-refractivity contribution in [3.8, 4) is 0 Å². The van der Waals surface area contributed by atoms with Gasteiger partial charge in [-0.15, -0.1) is 0 Å². The summed E-state index contributed by atoms with van der Waals surface area (Å²) in [4.78, 5) is 21.1. The molecule has 18 heavy (non-hydrogen) atoms. The summed E-state index contributed by atoms with van der Waals surface area (Å²) in [5, 5.41) is 17.2. The Labute approximate surface area is 103 Å². The molecule has 0 spiro atoms. The molecule has 0 bridgehead atoms. The Morgan fingerprint density at radius 2 is 1.67 bits per heavy atom. The molecule has 0 radical (unpaired) electrons. The number of hydrogen-bond donors (Lipinski definition) is 2. The van der Waals surface area contributed by atoms with Gasteiger partial charge in [0.25, 0.3) is 0 Å². The fraction of sp³-hybridized carbons (Fsp3) is 0.167. The van der Waals surface area contributed by atoms with Crippen LogP contribution in [0.15, 0.2) is 43.0 Å². The predicted molar refractivity (Wildman–Crippen MR) is 61.4 cm³/mol. The Bertz CT molecular complexity index is 427. The van der Waals surface area contributed by atoms with E-state index in [1.807, 2.05) is 0 Å². The zero-order valence-corrected chi connectivity index (χ0v) is 9.35. The van der Waals surface area contributed by atoms with Crippen LogP contribution in [0.4, 0.5) is 9.59 Å². The summed E-state index contributed by atoms with van der Waals surface area (Å²) in [6.45, 7) is 3.41. The average Bonchev–Trinajstić information content (AvgIpc) is 2.34. The van der Waals surface area contributed by atoms with Crippen molar-refractivity contribution in [2.24, 2.45) is 0 Å². The molecule has 0 aliphatic heterocycles. The summed E-state index contributed by atoms with van der Waals surface area (Å²) in [5.41, 5.74) is 0.478. The highest BCUT2D eigenvalue weighted by atomic mass is 16.7. The highest BCUT2D eigenvalue weighted by molar-refractivity contribution is 5.59. The second kappa shape index (κ2) is 6.29. The Balaban J connectivity index is 2.99. The molecule has 0 fully saturated rings. The number of hydrogen-bond acceptors (Lipinski definition) is 4. The van der Waals surface area contributed by atoms with Gasteiger partial charge in [0.2, 0.25) is 0 Å². The molecule has 96 valence electrons. The summed E-state index contributed by atoms with van der Waals surface area (Å²) in [6, 6.07) is 8.30. The zero-order chi connectivity index (χ0) is 13.5. The topological polar surface area (TPSA) is 93.1 Å². The molecular formula is C12H12O6. The lowest BCUT2D eigenvalue weighted by Crippen LogP contribution is -2.26. The molecule has 0 amide bonds. The summed E-state index contributed by atoms with van der Waals surface area (Å²) in [6.07, 6.45) is -4.08. The van der Waals surface area contributed by atoms with Crippen LogP contribution in [0.3, 0.4) is 0 Å². The highest BCUT2D eigenvalue weighted by Crippen LogP contribution is 2.24. The first-order valence-electron chi connectivity index (χ1n) is 5.01. The summed E-state index contributed by atoms with van der Waals surface area (Å²) >= 11 is 0. The van der Waals surface area contributed by atoms with E-state index in [9.17, 15) is 9.59 Å². The van der Waals surface area contributed by atoms with Crippen LogP contribution in [0.2, 0.25) is 0 Å². The third kappa shape index (κ3) is 3.82. The lowest BCUT2D eigenvalue weighted by atomic mass is 10.0. The molecule has 0 aliphatic carbocycles. The van der Waals surface area contributed by atoms with Crippen LogP contribution in [0.1, 0.15) is 11.7 Å². The largest absolute Gasteiger partial charge is 0.506 e. The molecular weight excluding hydrogens is 240 g/mol. The first kappa shape index (κ1) is 13.6. The maximum absolute atomic E-state index is 10.6. The van der Waals surface area contributed by atoms with Crippen molar-refractivity contribution in [2.45, 2.75) is 12.2 Å². The fourth-order valence-electron chi connectivity index (χ4n) is 1.43. The molecule has 2 N–H and O–H groups in total. The SMILES string of the molecule is C=CC(OC(=O)O)C(OC(=O)O)c1ccccc1. The van der Waals surface area contributed by atoms with Crippen LogP contribution in [0.5, 0.6) is 0 Å². The number of rotatable bonds is 5. The van der Waals surface area contributed by atoms with Gasteiger partial charge in [-0.05, 0) is 11.6 Å². The summed E-state index contributed by atoms with van der Waals surface area (Å²) in [7, 11) is 0. The van der Waals surface area contributed by atoms with Crippen LogP contribution in [0.25, 0.3) is 0 Å². The number of benzene rings is 1. The smallest absolute Gasteiger partial charge is 0.450 e. The number of ether oxygens (including phenoxy) is 2. The van der Waals surface area contributed by atoms with Crippen molar-refractivity contribution in [1.29, 1.82) is 0 Å². The second-order valence-electron chi connectivity index (χ2n) is 3.30. The van der Waals surface area contributed by atoms with E-state index in [0.29, 0.717) is 5.56 Å². The fourth-order valence-corrected chi connectivity index (χ4v) is 1.43. The second-order valence-corrected chi connectivity index (χ2v) is 3.30. The van der Waals surface area contributed by atoms with E-state index in [4.69, 9.17) is 10.2 Å². The minimum Gasteiger partial charge on any atom is -0.450 e. The molecule has 6 nitrogen and oxygen atoms in total. The normalized spacial score (nSPS) is 13.1. The number of carboxylic acid groups (broad SMARTS) is 2. The summed E-state index contributed by atoms with van der Waals surface area (Å²) < 4.78 is 9.17. The van der Waals surface area contributed by atoms with Crippen LogP contribution in [0, 0.1) is 0 Å². The van der Waals surface area contributed by atoms with Gasteiger partial charge in [-0.3, -0.25) is 0 Å². The van der Waals surface area contributed by atoms with Gasteiger partial charge in [0, 0.05) is 0 Å². The van der Waals surface area contributed by atoms with Gasteiger partial charge in [-0.25, -0.2) is 9.59 Å². The minimum atomic E-state index is -1.53. The lowest BCUT2D eigenvalue weighted by molar-refractivity contribution is -0.0235. The van der Waals surface area contributed by atoms with Crippen molar-refractivity contribution in [2.75, 3.05) is 0 Å². The summed E-state index contributed by atoms with van der Waals surface area (Å²) in [5.74, 6) is 0. The Hall–Kier alpha value is -2.50. The molecule has 0 saturated carbocycles. The highest BCUT2D eigenvalue weighted by Gasteiger charge is 2.27. The first-order chi connectivity index (χ1) is 8.54. The maximum atomic E-state index is 10.6. The molecule has 2 unspecified atom stereocenters. The average molecular weight is 252 g/mol. The van der Waals surface area contributed by atoms with Crippen molar-refractivity contribution < 1.29 is 29.3 Å². The van der Waals surface area contributed by atoms with Gasteiger partial charge < -0.3 is 19.7 Å². The predicted octanol–water partition coefficient (Wildman–Crippen LogP) is 2.67. The van der Waals surface area contributed by atoms with Crippen LogP contribution in [-0.4, -0.2) is 28.6 Å². The Morgan fingerprint density at radius 3 is 2.11 bits per heavy atom. The lowest BCUT2D eigenvalue weighted by Gasteiger charge is -2.22. The van der Waals surface area contributed by atoms with E-state index in [2.05, 4.69) is 16.1 Å².